The second kappa shape index (κ2) is 5.86. The molecule has 5 nitrogen and oxygen atoms in total. The van der Waals surface area contributed by atoms with Gasteiger partial charge in [0, 0.05) is 0 Å². The van der Waals surface area contributed by atoms with Crippen molar-refractivity contribution in [2.45, 2.75) is 13.0 Å². The number of hydrogen-bond donors (Lipinski definition) is 1. The number of carbonyl (C=O) groups is 1. The molecular formula is C13H11F3N2O3. The highest BCUT2D eigenvalue weighted by Gasteiger charge is 2.19. The van der Waals surface area contributed by atoms with Crippen molar-refractivity contribution < 1.29 is 27.2 Å². The molecule has 0 aliphatic carbocycles. The maximum absolute atomic E-state index is 13.1. The summed E-state index contributed by atoms with van der Waals surface area (Å²) < 4.78 is 48.6. The molecule has 0 aliphatic rings. The third-order valence-corrected chi connectivity index (χ3v) is 2.78. The Morgan fingerprint density at radius 2 is 1.90 bits per heavy atom. The molecule has 1 heterocycles. The molecule has 2 rings (SSSR count). The van der Waals surface area contributed by atoms with Crippen LogP contribution in [-0.2, 0) is 0 Å². The zero-order chi connectivity index (χ0) is 15.6. The molecule has 0 aliphatic heterocycles. The molecule has 0 saturated carbocycles. The highest BCUT2D eigenvalue weighted by Crippen LogP contribution is 2.20. The number of nitrogens with zero attached hydrogens (tertiary/aromatic N) is 1. The summed E-state index contributed by atoms with van der Waals surface area (Å²) in [6.07, 6.45) is 0. The Morgan fingerprint density at radius 3 is 2.43 bits per heavy atom. The quantitative estimate of drug-likeness (QED) is 0.882. The third-order valence-electron chi connectivity index (χ3n) is 2.78. The minimum absolute atomic E-state index is 0.0752. The van der Waals surface area contributed by atoms with E-state index in [0.29, 0.717) is 0 Å². The SMILES string of the molecule is COc1cc(C(=O)N[C@H](C)c2cc(F)c(F)c(F)c2)on1. The van der Waals surface area contributed by atoms with Gasteiger partial charge in [-0.3, -0.25) is 4.79 Å². The Kier molecular flexibility index (Phi) is 4.15. The average Bonchev–Trinajstić information content (AvgIpc) is 2.93. The molecule has 1 amide bonds. The number of nitrogens with one attached hydrogen (secondary N) is 1. The first kappa shape index (κ1) is 14.9. The van der Waals surface area contributed by atoms with Crippen LogP contribution in [0.1, 0.15) is 29.1 Å². The van der Waals surface area contributed by atoms with Crippen LogP contribution in [0.5, 0.6) is 5.88 Å². The Labute approximate surface area is 117 Å². The van der Waals surface area contributed by atoms with Gasteiger partial charge in [0.2, 0.25) is 5.76 Å². The van der Waals surface area contributed by atoms with Crippen LogP contribution >= 0.6 is 0 Å². The van der Waals surface area contributed by atoms with Gasteiger partial charge in [-0.2, -0.15) is 0 Å². The van der Waals surface area contributed by atoms with E-state index >= 15 is 0 Å². The highest BCUT2D eigenvalue weighted by atomic mass is 19.2. The van der Waals surface area contributed by atoms with Crippen molar-refractivity contribution in [2.75, 3.05) is 7.11 Å². The lowest BCUT2D eigenvalue weighted by Crippen LogP contribution is -2.26. The van der Waals surface area contributed by atoms with Gasteiger partial charge in [-0.05, 0) is 29.8 Å². The van der Waals surface area contributed by atoms with E-state index in [9.17, 15) is 18.0 Å². The van der Waals surface area contributed by atoms with E-state index in [1.54, 1.807) is 0 Å². The fourth-order valence-electron chi connectivity index (χ4n) is 1.64. The third kappa shape index (κ3) is 3.15. The van der Waals surface area contributed by atoms with Crippen LogP contribution in [0, 0.1) is 17.5 Å². The highest BCUT2D eigenvalue weighted by molar-refractivity contribution is 5.91. The van der Waals surface area contributed by atoms with E-state index < -0.39 is 29.4 Å². The summed E-state index contributed by atoms with van der Waals surface area (Å²) in [7, 11) is 1.35. The predicted octanol–water partition coefficient (Wildman–Crippen LogP) is 2.59. The summed E-state index contributed by atoms with van der Waals surface area (Å²) in [5.74, 6) is -4.87. The van der Waals surface area contributed by atoms with Crippen molar-refractivity contribution >= 4 is 5.91 Å². The Morgan fingerprint density at radius 1 is 1.29 bits per heavy atom. The summed E-state index contributed by atoms with van der Waals surface area (Å²) >= 11 is 0. The molecule has 0 unspecified atom stereocenters. The van der Waals surface area contributed by atoms with Crippen LogP contribution in [0.4, 0.5) is 13.2 Å². The number of aromatic nitrogens is 1. The van der Waals surface area contributed by atoms with Crippen LogP contribution in [-0.4, -0.2) is 18.2 Å². The molecule has 112 valence electrons. The first-order valence-electron chi connectivity index (χ1n) is 5.88. The molecule has 1 aromatic carbocycles. The number of hydrogen-bond acceptors (Lipinski definition) is 4. The van der Waals surface area contributed by atoms with Crippen molar-refractivity contribution in [3.63, 3.8) is 0 Å². The van der Waals surface area contributed by atoms with Crippen LogP contribution in [0.2, 0.25) is 0 Å². The van der Waals surface area contributed by atoms with Gasteiger partial charge < -0.3 is 14.6 Å². The van der Waals surface area contributed by atoms with Crippen molar-refractivity contribution in [1.82, 2.24) is 10.5 Å². The fraction of sp³-hybridized carbons (Fsp3) is 0.231. The lowest BCUT2D eigenvalue weighted by molar-refractivity contribution is 0.0902. The maximum Gasteiger partial charge on any atom is 0.290 e. The topological polar surface area (TPSA) is 64.4 Å². The Bertz CT molecular complexity index is 649. The number of amides is 1. The predicted molar refractivity (Wildman–Crippen MR) is 65.3 cm³/mol. The van der Waals surface area contributed by atoms with E-state index in [2.05, 4.69) is 10.5 Å². The fourth-order valence-corrected chi connectivity index (χ4v) is 1.64. The number of ether oxygens (including phenoxy) is 1. The van der Waals surface area contributed by atoms with Gasteiger partial charge in [0.25, 0.3) is 11.8 Å². The van der Waals surface area contributed by atoms with Crippen molar-refractivity contribution in [1.29, 1.82) is 0 Å². The second-order valence-corrected chi connectivity index (χ2v) is 4.23. The molecule has 2 aromatic rings. The summed E-state index contributed by atoms with van der Waals surface area (Å²) in [4.78, 5) is 11.8. The number of carbonyl (C=O) groups excluding carboxylic acids is 1. The second-order valence-electron chi connectivity index (χ2n) is 4.23. The zero-order valence-corrected chi connectivity index (χ0v) is 11.1. The van der Waals surface area contributed by atoms with E-state index in [1.165, 1.54) is 20.1 Å². The lowest BCUT2D eigenvalue weighted by Gasteiger charge is -2.13. The molecule has 1 atom stereocenters. The van der Waals surface area contributed by atoms with Crippen molar-refractivity contribution in [3.05, 3.63) is 47.0 Å². The first-order chi connectivity index (χ1) is 9.92. The molecule has 0 spiro atoms. The Balaban J connectivity index is 2.14. The van der Waals surface area contributed by atoms with E-state index in [-0.39, 0.29) is 17.2 Å². The maximum atomic E-state index is 13.1. The normalized spacial score (nSPS) is 12.0. The number of benzene rings is 1. The van der Waals surface area contributed by atoms with Crippen LogP contribution in [0.15, 0.2) is 22.7 Å². The van der Waals surface area contributed by atoms with Crippen LogP contribution < -0.4 is 10.1 Å². The van der Waals surface area contributed by atoms with E-state index in [4.69, 9.17) is 9.26 Å². The molecule has 21 heavy (non-hydrogen) atoms. The largest absolute Gasteiger partial charge is 0.479 e. The molecule has 0 bridgehead atoms. The van der Waals surface area contributed by atoms with Gasteiger partial charge in [-0.1, -0.05) is 0 Å². The zero-order valence-electron chi connectivity index (χ0n) is 11.1. The van der Waals surface area contributed by atoms with Crippen LogP contribution in [0.25, 0.3) is 0 Å². The van der Waals surface area contributed by atoms with Gasteiger partial charge in [-0.15, -0.1) is 0 Å². The smallest absolute Gasteiger partial charge is 0.290 e. The number of methoxy groups -OCH3 is 1. The van der Waals surface area contributed by atoms with Crippen molar-refractivity contribution in [3.8, 4) is 5.88 Å². The molecule has 1 aromatic heterocycles. The Hall–Kier alpha value is -2.51. The van der Waals surface area contributed by atoms with Gasteiger partial charge in [0.05, 0.1) is 19.2 Å². The molecule has 8 heteroatoms. The number of halogens is 3. The summed E-state index contributed by atoms with van der Waals surface area (Å²) in [5.41, 5.74) is 0.0752. The van der Waals surface area contributed by atoms with Gasteiger partial charge in [0.1, 0.15) is 0 Å². The summed E-state index contributed by atoms with van der Waals surface area (Å²) in [6, 6.07) is 2.11. The number of rotatable bonds is 4. The summed E-state index contributed by atoms with van der Waals surface area (Å²) in [5, 5.41) is 5.89. The molecule has 0 radical (unpaired) electrons. The van der Waals surface area contributed by atoms with E-state index in [0.717, 1.165) is 12.1 Å². The van der Waals surface area contributed by atoms with Gasteiger partial charge in [0.15, 0.2) is 17.5 Å². The van der Waals surface area contributed by atoms with Crippen LogP contribution in [0.3, 0.4) is 0 Å². The monoisotopic (exact) mass is 300 g/mol. The van der Waals surface area contributed by atoms with E-state index in [1.807, 2.05) is 0 Å². The summed E-state index contributed by atoms with van der Waals surface area (Å²) in [6.45, 7) is 1.48. The standard InChI is InChI=1S/C13H11F3N2O3/c1-6(7-3-8(14)12(16)9(15)4-7)17-13(19)10-5-11(20-2)18-21-10/h3-6H,1-2H3,(H,17,19)/t6-/m1/s1. The molecule has 1 N–H and O–H groups in total. The molecule has 0 fully saturated rings. The minimum Gasteiger partial charge on any atom is -0.479 e. The van der Waals surface area contributed by atoms with Gasteiger partial charge >= 0.3 is 0 Å². The lowest BCUT2D eigenvalue weighted by atomic mass is 10.1. The first-order valence-corrected chi connectivity index (χ1v) is 5.88. The van der Waals surface area contributed by atoms with Gasteiger partial charge in [-0.25, -0.2) is 13.2 Å². The minimum atomic E-state index is -1.56. The molecule has 0 saturated heterocycles. The van der Waals surface area contributed by atoms with Crippen molar-refractivity contribution in [2.24, 2.45) is 0 Å². The average molecular weight is 300 g/mol. The molecular weight excluding hydrogens is 289 g/mol.